The number of halogens is 1. The molecule has 2 aliphatic rings. The largest absolute Gasteiger partial charge is 0.314 e. The molecule has 1 atom stereocenters. The molecule has 2 fully saturated rings. The number of hydrogen-bond donors (Lipinski definition) is 1. The molecule has 0 radical (unpaired) electrons. The first-order chi connectivity index (χ1) is 7.36. The Morgan fingerprint density at radius 1 is 1.19 bits per heavy atom. The Kier molecular flexibility index (Phi) is 6.71. The summed E-state index contributed by atoms with van der Waals surface area (Å²) in [5.41, 5.74) is 0. The summed E-state index contributed by atoms with van der Waals surface area (Å²) in [6, 6.07) is 0.752. The van der Waals surface area contributed by atoms with Gasteiger partial charge in [-0.05, 0) is 25.8 Å². The smallest absolute Gasteiger partial charge is 0.0192 e. The van der Waals surface area contributed by atoms with E-state index in [4.69, 9.17) is 0 Å². The molecule has 0 aromatic carbocycles. The summed E-state index contributed by atoms with van der Waals surface area (Å²) in [7, 11) is 0. The van der Waals surface area contributed by atoms with Gasteiger partial charge in [-0.2, -0.15) is 0 Å². The zero-order valence-corrected chi connectivity index (χ0v) is 11.4. The molecule has 96 valence electrons. The molecule has 1 aliphatic heterocycles. The van der Waals surface area contributed by atoms with Crippen LogP contribution in [0.2, 0.25) is 0 Å². The average molecular weight is 247 g/mol. The highest BCUT2D eigenvalue weighted by Gasteiger charge is 2.19. The van der Waals surface area contributed by atoms with Crippen molar-refractivity contribution in [2.45, 2.75) is 51.5 Å². The quantitative estimate of drug-likeness (QED) is 0.824. The molecule has 0 aromatic heterocycles. The van der Waals surface area contributed by atoms with Crippen LogP contribution < -0.4 is 5.32 Å². The molecule has 16 heavy (non-hydrogen) atoms. The molecule has 1 heterocycles. The lowest BCUT2D eigenvalue weighted by Gasteiger charge is -2.35. The van der Waals surface area contributed by atoms with Crippen molar-refractivity contribution in [1.29, 1.82) is 0 Å². The number of rotatable bonds is 3. The minimum Gasteiger partial charge on any atom is -0.314 e. The Balaban J connectivity index is 0.00000128. The third kappa shape index (κ3) is 4.23. The Hall–Kier alpha value is 0.210. The lowest BCUT2D eigenvalue weighted by molar-refractivity contribution is 0.156. The molecule has 1 aliphatic carbocycles. The van der Waals surface area contributed by atoms with Crippen LogP contribution in [0.25, 0.3) is 0 Å². The predicted molar refractivity (Wildman–Crippen MR) is 72.3 cm³/mol. The van der Waals surface area contributed by atoms with Crippen molar-refractivity contribution in [2.24, 2.45) is 5.92 Å². The first-order valence-electron chi connectivity index (χ1n) is 6.81. The van der Waals surface area contributed by atoms with E-state index in [-0.39, 0.29) is 12.4 Å². The van der Waals surface area contributed by atoms with Crippen LogP contribution in [0.1, 0.15) is 45.4 Å². The van der Waals surface area contributed by atoms with Crippen molar-refractivity contribution in [3.8, 4) is 0 Å². The van der Waals surface area contributed by atoms with Crippen LogP contribution in [0.15, 0.2) is 0 Å². The fraction of sp³-hybridized carbons (Fsp3) is 1.00. The van der Waals surface area contributed by atoms with Crippen molar-refractivity contribution in [2.75, 3.05) is 26.2 Å². The van der Waals surface area contributed by atoms with E-state index < -0.39 is 0 Å². The summed E-state index contributed by atoms with van der Waals surface area (Å²) in [4.78, 5) is 2.67. The van der Waals surface area contributed by atoms with Crippen LogP contribution in [0.3, 0.4) is 0 Å². The van der Waals surface area contributed by atoms with E-state index >= 15 is 0 Å². The van der Waals surface area contributed by atoms with Crippen molar-refractivity contribution >= 4 is 12.4 Å². The molecule has 1 N–H and O–H groups in total. The Bertz CT molecular complexity index is 181. The normalized spacial score (nSPS) is 28.7. The van der Waals surface area contributed by atoms with Crippen LogP contribution in [0.4, 0.5) is 0 Å². The van der Waals surface area contributed by atoms with Crippen LogP contribution in [-0.4, -0.2) is 37.1 Å². The lowest BCUT2D eigenvalue weighted by Crippen LogP contribution is -2.50. The van der Waals surface area contributed by atoms with Gasteiger partial charge in [0.2, 0.25) is 0 Å². The predicted octanol–water partition coefficient (Wildman–Crippen LogP) is 2.67. The Morgan fingerprint density at radius 2 is 1.94 bits per heavy atom. The second-order valence-electron chi connectivity index (χ2n) is 5.38. The first kappa shape index (κ1) is 14.3. The fourth-order valence-electron chi connectivity index (χ4n) is 3.04. The number of nitrogens with one attached hydrogen (secondary N) is 1. The molecular formula is C13H27ClN2. The van der Waals surface area contributed by atoms with Gasteiger partial charge in [-0.1, -0.05) is 32.1 Å². The standard InChI is InChI=1S/C13H26N2.ClH/c1-12-11-14-8-10-15(12)9-7-13-5-3-2-4-6-13;/h12-14H,2-11H2,1H3;1H/t12-;/m0./s1. The first-order valence-corrected chi connectivity index (χ1v) is 6.81. The minimum absolute atomic E-state index is 0. The second kappa shape index (κ2) is 7.52. The van der Waals surface area contributed by atoms with Crippen molar-refractivity contribution in [1.82, 2.24) is 10.2 Å². The zero-order valence-electron chi connectivity index (χ0n) is 10.6. The maximum absolute atomic E-state index is 3.46. The molecule has 0 spiro atoms. The highest BCUT2D eigenvalue weighted by atomic mass is 35.5. The summed E-state index contributed by atoms with van der Waals surface area (Å²) in [5, 5.41) is 3.46. The van der Waals surface area contributed by atoms with Crippen molar-refractivity contribution in [3.63, 3.8) is 0 Å². The molecule has 0 amide bonds. The summed E-state index contributed by atoms with van der Waals surface area (Å²) in [6.45, 7) is 7.33. The van der Waals surface area contributed by atoms with Crippen LogP contribution in [0, 0.1) is 5.92 Å². The van der Waals surface area contributed by atoms with Gasteiger partial charge in [0, 0.05) is 25.7 Å². The number of piperazine rings is 1. The van der Waals surface area contributed by atoms with E-state index in [0.717, 1.165) is 12.0 Å². The lowest BCUT2D eigenvalue weighted by atomic mass is 9.87. The second-order valence-corrected chi connectivity index (χ2v) is 5.38. The zero-order chi connectivity index (χ0) is 10.5. The van der Waals surface area contributed by atoms with Gasteiger partial charge in [-0.3, -0.25) is 4.90 Å². The van der Waals surface area contributed by atoms with Crippen LogP contribution in [-0.2, 0) is 0 Å². The van der Waals surface area contributed by atoms with Gasteiger partial charge in [0.05, 0.1) is 0 Å². The molecule has 2 rings (SSSR count). The monoisotopic (exact) mass is 246 g/mol. The summed E-state index contributed by atoms with van der Waals surface area (Å²) in [5.74, 6) is 1.04. The highest BCUT2D eigenvalue weighted by molar-refractivity contribution is 5.85. The van der Waals surface area contributed by atoms with Gasteiger partial charge in [-0.15, -0.1) is 12.4 Å². The van der Waals surface area contributed by atoms with E-state index in [2.05, 4.69) is 17.1 Å². The van der Waals surface area contributed by atoms with Gasteiger partial charge in [0.25, 0.3) is 0 Å². The molecule has 0 bridgehead atoms. The summed E-state index contributed by atoms with van der Waals surface area (Å²) >= 11 is 0. The third-order valence-corrected chi connectivity index (χ3v) is 4.19. The number of nitrogens with zero attached hydrogens (tertiary/aromatic N) is 1. The van der Waals surface area contributed by atoms with Crippen molar-refractivity contribution < 1.29 is 0 Å². The van der Waals surface area contributed by atoms with Gasteiger partial charge < -0.3 is 5.32 Å². The Morgan fingerprint density at radius 3 is 2.62 bits per heavy atom. The van der Waals surface area contributed by atoms with E-state index in [1.807, 2.05) is 0 Å². The molecule has 1 saturated carbocycles. The molecule has 0 aromatic rings. The molecular weight excluding hydrogens is 220 g/mol. The van der Waals surface area contributed by atoms with E-state index in [0.29, 0.717) is 0 Å². The van der Waals surface area contributed by atoms with Gasteiger partial charge >= 0.3 is 0 Å². The third-order valence-electron chi connectivity index (χ3n) is 4.19. The minimum atomic E-state index is 0. The van der Waals surface area contributed by atoms with Gasteiger partial charge in [0.1, 0.15) is 0 Å². The van der Waals surface area contributed by atoms with Crippen molar-refractivity contribution in [3.05, 3.63) is 0 Å². The fourth-order valence-corrected chi connectivity index (χ4v) is 3.04. The molecule has 3 heteroatoms. The SMILES string of the molecule is C[C@H]1CNCCN1CCC1CCCCC1.Cl. The molecule has 2 nitrogen and oxygen atoms in total. The molecule has 0 unspecified atom stereocenters. The highest BCUT2D eigenvalue weighted by Crippen LogP contribution is 2.26. The van der Waals surface area contributed by atoms with E-state index in [9.17, 15) is 0 Å². The molecule has 1 saturated heterocycles. The summed E-state index contributed by atoms with van der Waals surface area (Å²) in [6.07, 6.45) is 8.91. The van der Waals surface area contributed by atoms with E-state index in [1.54, 1.807) is 0 Å². The summed E-state index contributed by atoms with van der Waals surface area (Å²) < 4.78 is 0. The average Bonchev–Trinajstić information content (AvgIpc) is 2.29. The number of hydrogen-bond acceptors (Lipinski definition) is 2. The Labute approximate surface area is 107 Å². The van der Waals surface area contributed by atoms with Crippen LogP contribution in [0.5, 0.6) is 0 Å². The van der Waals surface area contributed by atoms with Gasteiger partial charge in [-0.25, -0.2) is 0 Å². The maximum Gasteiger partial charge on any atom is 0.0192 e. The maximum atomic E-state index is 3.46. The van der Waals surface area contributed by atoms with E-state index in [1.165, 1.54) is 64.7 Å². The van der Waals surface area contributed by atoms with Crippen LogP contribution >= 0.6 is 12.4 Å². The van der Waals surface area contributed by atoms with Gasteiger partial charge in [0.15, 0.2) is 0 Å². The topological polar surface area (TPSA) is 15.3 Å².